The molecule has 0 aliphatic heterocycles. The van der Waals surface area contributed by atoms with Crippen LogP contribution in [0.1, 0.15) is 23.6 Å². The third-order valence-corrected chi connectivity index (χ3v) is 6.96. The van der Waals surface area contributed by atoms with E-state index in [9.17, 15) is 16.8 Å². The number of nitrogens with two attached hydrogens (primary N) is 1. The topological polar surface area (TPSA) is 168 Å². The van der Waals surface area contributed by atoms with Gasteiger partial charge in [-0.25, -0.2) is 23.3 Å². The fraction of sp³-hybridized carbons (Fsp3) is 0.238. The van der Waals surface area contributed by atoms with E-state index in [4.69, 9.17) is 5.14 Å². The number of hydrogen-bond acceptors (Lipinski definition) is 8. The second-order valence-electron chi connectivity index (χ2n) is 7.52. The third kappa shape index (κ3) is 6.95. The summed E-state index contributed by atoms with van der Waals surface area (Å²) in [6, 6.07) is 12.0. The molecule has 0 saturated carbocycles. The zero-order chi connectivity index (χ0) is 24.9. The highest BCUT2D eigenvalue weighted by Gasteiger charge is 2.13. The third-order valence-electron chi connectivity index (χ3n) is 4.71. The Morgan fingerprint density at radius 3 is 2.35 bits per heavy atom. The molecule has 0 unspecified atom stereocenters. The SMILES string of the molecule is CCNS(=O)(=O)NCc1cccc(Nc2nc(Nc3ccc(C)c(S(N)(=O)=O)c3)ncc2C)c1. The van der Waals surface area contributed by atoms with Gasteiger partial charge in [-0.15, -0.1) is 0 Å². The largest absolute Gasteiger partial charge is 0.340 e. The number of hydrogen-bond donors (Lipinski definition) is 5. The Bertz CT molecular complexity index is 1390. The van der Waals surface area contributed by atoms with Gasteiger partial charge in [0, 0.05) is 36.2 Å². The number of aryl methyl sites for hydroxylation is 2. The number of aromatic nitrogens is 2. The molecule has 34 heavy (non-hydrogen) atoms. The van der Waals surface area contributed by atoms with Crippen LogP contribution < -0.4 is 25.2 Å². The van der Waals surface area contributed by atoms with Crippen LogP contribution in [0.4, 0.5) is 23.1 Å². The molecule has 11 nitrogen and oxygen atoms in total. The zero-order valence-electron chi connectivity index (χ0n) is 19.0. The van der Waals surface area contributed by atoms with Gasteiger partial charge in [-0.05, 0) is 49.2 Å². The summed E-state index contributed by atoms with van der Waals surface area (Å²) in [5.74, 6) is 0.786. The Kier molecular flexibility index (Phi) is 7.84. The van der Waals surface area contributed by atoms with Crippen LogP contribution in [0.25, 0.3) is 0 Å². The quantitative estimate of drug-likeness (QED) is 0.279. The molecule has 3 aromatic rings. The van der Waals surface area contributed by atoms with E-state index in [0.717, 1.165) is 11.1 Å². The van der Waals surface area contributed by atoms with Gasteiger partial charge in [-0.1, -0.05) is 25.1 Å². The number of nitrogens with zero attached hydrogens (tertiary/aromatic N) is 2. The lowest BCUT2D eigenvalue weighted by molar-refractivity contribution is 0.568. The van der Waals surface area contributed by atoms with E-state index >= 15 is 0 Å². The van der Waals surface area contributed by atoms with Gasteiger partial charge in [0.1, 0.15) is 5.82 Å². The maximum absolute atomic E-state index is 11.8. The number of sulfonamides is 1. The second kappa shape index (κ2) is 10.4. The number of anilines is 4. The first-order valence-corrected chi connectivity index (χ1v) is 13.3. The average molecular weight is 506 g/mol. The van der Waals surface area contributed by atoms with Gasteiger partial charge >= 0.3 is 0 Å². The van der Waals surface area contributed by atoms with Crippen LogP contribution in [0.3, 0.4) is 0 Å². The molecular formula is C21H27N7O4S2. The smallest absolute Gasteiger partial charge is 0.277 e. The van der Waals surface area contributed by atoms with Crippen molar-refractivity contribution < 1.29 is 16.8 Å². The Hall–Kier alpha value is -3.10. The molecule has 2 aromatic carbocycles. The van der Waals surface area contributed by atoms with Crippen molar-refractivity contribution in [2.24, 2.45) is 5.14 Å². The summed E-state index contributed by atoms with van der Waals surface area (Å²) in [6.07, 6.45) is 1.63. The van der Waals surface area contributed by atoms with Gasteiger partial charge in [-0.2, -0.15) is 18.1 Å². The van der Waals surface area contributed by atoms with Gasteiger partial charge in [0.25, 0.3) is 10.2 Å². The number of primary sulfonamides is 1. The Labute approximate surface area is 199 Å². The van der Waals surface area contributed by atoms with E-state index in [0.29, 0.717) is 29.3 Å². The fourth-order valence-electron chi connectivity index (χ4n) is 3.06. The molecule has 0 amide bonds. The highest BCUT2D eigenvalue weighted by Crippen LogP contribution is 2.24. The molecule has 0 aliphatic carbocycles. The summed E-state index contributed by atoms with van der Waals surface area (Å²) in [5.41, 5.74) is 3.25. The molecule has 6 N–H and O–H groups in total. The predicted octanol–water partition coefficient (Wildman–Crippen LogP) is 2.17. The summed E-state index contributed by atoms with van der Waals surface area (Å²) in [5, 5.41) is 11.5. The number of rotatable bonds is 10. The minimum Gasteiger partial charge on any atom is -0.340 e. The maximum Gasteiger partial charge on any atom is 0.277 e. The van der Waals surface area contributed by atoms with Crippen molar-refractivity contribution in [2.75, 3.05) is 17.2 Å². The molecule has 0 radical (unpaired) electrons. The zero-order valence-corrected chi connectivity index (χ0v) is 20.6. The molecule has 1 aromatic heterocycles. The monoisotopic (exact) mass is 505 g/mol. The molecule has 0 aliphatic rings. The molecule has 0 atom stereocenters. The van der Waals surface area contributed by atoms with E-state index in [-0.39, 0.29) is 17.4 Å². The van der Waals surface area contributed by atoms with Crippen molar-refractivity contribution in [1.29, 1.82) is 0 Å². The molecule has 182 valence electrons. The molecule has 0 spiro atoms. The fourth-order valence-corrected chi connectivity index (χ4v) is 4.70. The molecule has 1 heterocycles. The maximum atomic E-state index is 11.8. The second-order valence-corrected chi connectivity index (χ2v) is 10.6. The highest BCUT2D eigenvalue weighted by atomic mass is 32.2. The highest BCUT2D eigenvalue weighted by molar-refractivity contribution is 7.89. The van der Waals surface area contributed by atoms with Gasteiger partial charge < -0.3 is 10.6 Å². The molecule has 13 heteroatoms. The molecule has 0 saturated heterocycles. The van der Waals surface area contributed by atoms with Crippen LogP contribution in [0, 0.1) is 13.8 Å². The van der Waals surface area contributed by atoms with Crippen LogP contribution in [0.5, 0.6) is 0 Å². The van der Waals surface area contributed by atoms with Crippen LogP contribution in [0.15, 0.2) is 53.6 Å². The van der Waals surface area contributed by atoms with E-state index in [2.05, 4.69) is 30.0 Å². The summed E-state index contributed by atoms with van der Waals surface area (Å²) in [7, 11) is -7.42. The van der Waals surface area contributed by atoms with Crippen molar-refractivity contribution in [3.63, 3.8) is 0 Å². The molecular weight excluding hydrogens is 478 g/mol. The van der Waals surface area contributed by atoms with Crippen molar-refractivity contribution >= 4 is 43.4 Å². The summed E-state index contributed by atoms with van der Waals surface area (Å²) >= 11 is 0. The van der Waals surface area contributed by atoms with E-state index in [1.54, 1.807) is 44.3 Å². The van der Waals surface area contributed by atoms with Gasteiger partial charge in [0.15, 0.2) is 0 Å². The van der Waals surface area contributed by atoms with Gasteiger partial charge in [0.2, 0.25) is 16.0 Å². The minimum absolute atomic E-state index is 0.0181. The van der Waals surface area contributed by atoms with Gasteiger partial charge in [0.05, 0.1) is 4.90 Å². The van der Waals surface area contributed by atoms with E-state index < -0.39 is 20.2 Å². The van der Waals surface area contributed by atoms with Crippen molar-refractivity contribution in [3.05, 3.63) is 65.4 Å². The Morgan fingerprint density at radius 1 is 0.912 bits per heavy atom. The van der Waals surface area contributed by atoms with Crippen molar-refractivity contribution in [2.45, 2.75) is 32.2 Å². The minimum atomic E-state index is -3.87. The van der Waals surface area contributed by atoms with E-state index in [1.165, 1.54) is 6.07 Å². The molecule has 0 bridgehead atoms. The summed E-state index contributed by atoms with van der Waals surface area (Å²) in [4.78, 5) is 8.75. The number of benzene rings is 2. The summed E-state index contributed by atoms with van der Waals surface area (Å²) < 4.78 is 52.0. The first-order chi connectivity index (χ1) is 16.0. The van der Waals surface area contributed by atoms with E-state index in [1.807, 2.05) is 19.1 Å². The van der Waals surface area contributed by atoms with Crippen molar-refractivity contribution in [3.8, 4) is 0 Å². The Morgan fingerprint density at radius 2 is 1.65 bits per heavy atom. The average Bonchev–Trinajstić information content (AvgIpc) is 2.75. The van der Waals surface area contributed by atoms with Crippen LogP contribution in [0.2, 0.25) is 0 Å². The van der Waals surface area contributed by atoms with Crippen molar-refractivity contribution in [1.82, 2.24) is 19.4 Å². The Balaban J connectivity index is 1.78. The first kappa shape index (κ1) is 25.5. The summed E-state index contributed by atoms with van der Waals surface area (Å²) in [6.45, 7) is 5.63. The number of nitrogens with one attached hydrogen (secondary N) is 4. The lowest BCUT2D eigenvalue weighted by Gasteiger charge is -2.13. The lowest BCUT2D eigenvalue weighted by atomic mass is 10.2. The van der Waals surface area contributed by atoms with Gasteiger partial charge in [-0.3, -0.25) is 0 Å². The first-order valence-electron chi connectivity index (χ1n) is 10.3. The normalized spacial score (nSPS) is 11.9. The lowest BCUT2D eigenvalue weighted by Crippen LogP contribution is -2.35. The van der Waals surface area contributed by atoms with Crippen LogP contribution >= 0.6 is 0 Å². The standard InChI is InChI=1S/C21H27N7O4S2/c1-4-24-34(31,32)25-13-16-6-5-7-17(10-16)26-20-15(3)12-23-21(28-20)27-18-9-8-14(2)19(11-18)33(22,29)30/h5-12,24-25H,4,13H2,1-3H3,(H2,22,29,30)(H2,23,26,27,28). The molecule has 0 fully saturated rings. The van der Waals surface area contributed by atoms with Crippen LogP contribution in [-0.4, -0.2) is 33.3 Å². The predicted molar refractivity (Wildman–Crippen MR) is 132 cm³/mol. The van der Waals surface area contributed by atoms with Crippen LogP contribution in [-0.2, 0) is 26.8 Å². The molecule has 3 rings (SSSR count).